The lowest BCUT2D eigenvalue weighted by molar-refractivity contribution is 0.687. The molecule has 1 aromatic heterocycles. The minimum absolute atomic E-state index is 0. The van der Waals surface area contributed by atoms with Crippen LogP contribution in [0.4, 0.5) is 5.69 Å². The van der Waals surface area contributed by atoms with Gasteiger partial charge in [0.05, 0.1) is 18.1 Å². The first-order chi connectivity index (χ1) is 7.74. The van der Waals surface area contributed by atoms with Crippen molar-refractivity contribution in [3.05, 3.63) is 48.3 Å². The van der Waals surface area contributed by atoms with Crippen LogP contribution in [0.2, 0.25) is 0 Å². The summed E-state index contributed by atoms with van der Waals surface area (Å²) in [5.41, 5.74) is 7.58. The third-order valence-electron chi connectivity index (χ3n) is 2.15. The SMILES string of the molecule is Br.Br.CC(N)=Nc1ccc(Cn2cccn2)cc1. The standard InChI is InChI=1S/C12H14N4.2BrH/c1-10(13)15-12-5-3-11(4-6-12)9-16-8-2-7-14-16;;/h2-8H,9H2,1H3,(H2,13,15);2*1H. The van der Waals surface area contributed by atoms with Crippen molar-refractivity contribution in [2.75, 3.05) is 0 Å². The van der Waals surface area contributed by atoms with Crippen LogP contribution in [0.3, 0.4) is 0 Å². The van der Waals surface area contributed by atoms with E-state index in [0.717, 1.165) is 12.2 Å². The number of rotatable bonds is 3. The zero-order chi connectivity index (χ0) is 11.4. The van der Waals surface area contributed by atoms with Crippen LogP contribution in [-0.4, -0.2) is 15.6 Å². The predicted octanol–water partition coefficient (Wildman–Crippen LogP) is 3.10. The van der Waals surface area contributed by atoms with Crippen LogP contribution in [0, 0.1) is 0 Å². The van der Waals surface area contributed by atoms with Gasteiger partial charge in [0.2, 0.25) is 0 Å². The van der Waals surface area contributed by atoms with Gasteiger partial charge in [-0.25, -0.2) is 4.99 Å². The molecule has 18 heavy (non-hydrogen) atoms. The molecule has 0 atom stereocenters. The van der Waals surface area contributed by atoms with Gasteiger partial charge >= 0.3 is 0 Å². The number of halogens is 2. The summed E-state index contributed by atoms with van der Waals surface area (Å²) >= 11 is 0. The zero-order valence-corrected chi connectivity index (χ0v) is 13.4. The fourth-order valence-electron chi connectivity index (χ4n) is 1.46. The van der Waals surface area contributed by atoms with Gasteiger partial charge in [0.25, 0.3) is 0 Å². The van der Waals surface area contributed by atoms with Gasteiger partial charge < -0.3 is 5.73 Å². The molecule has 0 aliphatic rings. The van der Waals surface area contributed by atoms with Crippen LogP contribution in [-0.2, 0) is 6.54 Å². The Hall–Kier alpha value is -1.14. The van der Waals surface area contributed by atoms with Crippen molar-refractivity contribution in [3.8, 4) is 0 Å². The Bertz CT molecular complexity index is 473. The van der Waals surface area contributed by atoms with E-state index in [4.69, 9.17) is 5.73 Å². The Morgan fingerprint density at radius 1 is 1.28 bits per heavy atom. The van der Waals surface area contributed by atoms with Crippen LogP contribution in [0.1, 0.15) is 12.5 Å². The van der Waals surface area contributed by atoms with E-state index >= 15 is 0 Å². The Kier molecular flexibility index (Phi) is 7.54. The van der Waals surface area contributed by atoms with Crippen molar-refractivity contribution in [1.29, 1.82) is 0 Å². The molecular formula is C12H16Br2N4. The van der Waals surface area contributed by atoms with Gasteiger partial charge in [-0.05, 0) is 30.7 Å². The number of amidine groups is 1. The number of aromatic nitrogens is 2. The summed E-state index contributed by atoms with van der Waals surface area (Å²) in [5.74, 6) is 0.569. The molecular weight excluding hydrogens is 360 g/mol. The molecule has 0 aliphatic heterocycles. The molecule has 2 aromatic rings. The maximum atomic E-state index is 5.51. The molecule has 0 bridgehead atoms. The summed E-state index contributed by atoms with van der Waals surface area (Å²) in [5, 5.41) is 4.15. The first-order valence-corrected chi connectivity index (χ1v) is 5.11. The minimum Gasteiger partial charge on any atom is -0.387 e. The van der Waals surface area contributed by atoms with Gasteiger partial charge in [-0.1, -0.05) is 12.1 Å². The summed E-state index contributed by atoms with van der Waals surface area (Å²) in [6.45, 7) is 2.55. The molecule has 1 aromatic carbocycles. The van der Waals surface area contributed by atoms with E-state index in [1.165, 1.54) is 5.56 Å². The number of aliphatic imine (C=N–C) groups is 1. The first kappa shape index (κ1) is 16.9. The average Bonchev–Trinajstić information content (AvgIpc) is 2.73. The average molecular weight is 376 g/mol. The molecule has 0 fully saturated rings. The third kappa shape index (κ3) is 5.01. The van der Waals surface area contributed by atoms with E-state index in [0.29, 0.717) is 5.84 Å². The lowest BCUT2D eigenvalue weighted by Gasteiger charge is -2.02. The second kappa shape index (κ2) is 8.05. The van der Waals surface area contributed by atoms with Gasteiger partial charge in [-0.15, -0.1) is 34.0 Å². The van der Waals surface area contributed by atoms with Crippen molar-refractivity contribution in [2.45, 2.75) is 13.5 Å². The first-order valence-electron chi connectivity index (χ1n) is 5.11. The van der Waals surface area contributed by atoms with Gasteiger partial charge in [0.1, 0.15) is 0 Å². The Balaban J connectivity index is 0.00000144. The van der Waals surface area contributed by atoms with Crippen molar-refractivity contribution >= 4 is 45.5 Å². The Morgan fingerprint density at radius 3 is 2.44 bits per heavy atom. The van der Waals surface area contributed by atoms with Crippen LogP contribution in [0.5, 0.6) is 0 Å². The van der Waals surface area contributed by atoms with Crippen LogP contribution in [0.25, 0.3) is 0 Å². The Labute approximate surface area is 127 Å². The fourth-order valence-corrected chi connectivity index (χ4v) is 1.46. The smallest absolute Gasteiger partial charge is 0.0964 e. The van der Waals surface area contributed by atoms with E-state index in [1.807, 2.05) is 41.2 Å². The van der Waals surface area contributed by atoms with E-state index in [-0.39, 0.29) is 34.0 Å². The number of hydrogen-bond donors (Lipinski definition) is 1. The van der Waals surface area contributed by atoms with E-state index in [2.05, 4.69) is 10.1 Å². The second-order valence-corrected chi connectivity index (χ2v) is 3.62. The van der Waals surface area contributed by atoms with Crippen LogP contribution < -0.4 is 5.73 Å². The lowest BCUT2D eigenvalue weighted by atomic mass is 10.2. The number of hydrogen-bond acceptors (Lipinski definition) is 2. The molecule has 0 radical (unpaired) electrons. The highest BCUT2D eigenvalue weighted by molar-refractivity contribution is 8.93. The third-order valence-corrected chi connectivity index (χ3v) is 2.15. The van der Waals surface area contributed by atoms with E-state index < -0.39 is 0 Å². The van der Waals surface area contributed by atoms with Crippen molar-refractivity contribution in [3.63, 3.8) is 0 Å². The molecule has 6 heteroatoms. The summed E-state index contributed by atoms with van der Waals surface area (Å²) in [6, 6.07) is 9.88. The van der Waals surface area contributed by atoms with Gasteiger partial charge in [0, 0.05) is 12.4 Å². The molecule has 0 amide bonds. The maximum absolute atomic E-state index is 5.51. The monoisotopic (exact) mass is 374 g/mol. The molecule has 2 N–H and O–H groups in total. The summed E-state index contributed by atoms with van der Waals surface area (Å²) in [4.78, 5) is 4.17. The molecule has 0 aliphatic carbocycles. The molecule has 0 unspecified atom stereocenters. The zero-order valence-electron chi connectivity index (χ0n) is 9.98. The predicted molar refractivity (Wildman–Crippen MR) is 85.4 cm³/mol. The lowest BCUT2D eigenvalue weighted by Crippen LogP contribution is -2.03. The topological polar surface area (TPSA) is 56.2 Å². The van der Waals surface area contributed by atoms with Gasteiger partial charge in [-0.2, -0.15) is 5.10 Å². The summed E-state index contributed by atoms with van der Waals surface area (Å²) in [6.07, 6.45) is 3.71. The highest BCUT2D eigenvalue weighted by Gasteiger charge is 1.95. The van der Waals surface area contributed by atoms with Crippen LogP contribution in [0.15, 0.2) is 47.7 Å². The van der Waals surface area contributed by atoms with Gasteiger partial charge in [-0.3, -0.25) is 4.68 Å². The van der Waals surface area contributed by atoms with Gasteiger partial charge in [0.15, 0.2) is 0 Å². The normalized spacial score (nSPS) is 10.4. The second-order valence-electron chi connectivity index (χ2n) is 3.62. The summed E-state index contributed by atoms with van der Waals surface area (Å²) < 4.78 is 1.88. The molecule has 2 rings (SSSR count). The Morgan fingerprint density at radius 2 is 1.94 bits per heavy atom. The largest absolute Gasteiger partial charge is 0.387 e. The quantitative estimate of drug-likeness (QED) is 0.661. The molecule has 0 saturated carbocycles. The summed E-state index contributed by atoms with van der Waals surface area (Å²) in [7, 11) is 0. The van der Waals surface area contributed by atoms with E-state index in [9.17, 15) is 0 Å². The van der Waals surface area contributed by atoms with Crippen molar-refractivity contribution < 1.29 is 0 Å². The number of benzene rings is 1. The highest BCUT2D eigenvalue weighted by Crippen LogP contribution is 2.13. The molecule has 0 spiro atoms. The minimum atomic E-state index is 0. The maximum Gasteiger partial charge on any atom is 0.0964 e. The van der Waals surface area contributed by atoms with Crippen molar-refractivity contribution in [1.82, 2.24) is 9.78 Å². The number of nitrogens with zero attached hydrogens (tertiary/aromatic N) is 3. The van der Waals surface area contributed by atoms with E-state index in [1.54, 1.807) is 13.1 Å². The fraction of sp³-hybridized carbons (Fsp3) is 0.167. The number of nitrogens with two attached hydrogens (primary N) is 1. The molecule has 98 valence electrons. The highest BCUT2D eigenvalue weighted by atomic mass is 79.9. The van der Waals surface area contributed by atoms with Crippen molar-refractivity contribution in [2.24, 2.45) is 10.7 Å². The molecule has 1 heterocycles. The molecule has 4 nitrogen and oxygen atoms in total. The van der Waals surface area contributed by atoms with Crippen LogP contribution >= 0.6 is 34.0 Å². The molecule has 0 saturated heterocycles.